The van der Waals surface area contributed by atoms with E-state index >= 15 is 0 Å². The summed E-state index contributed by atoms with van der Waals surface area (Å²) >= 11 is 1.44. The fraction of sp³-hybridized carbons (Fsp3) is 0.400. The standard InChI is InChI=1S/C25H30N4O3S/c1-18(24(30)28-15-9-4-5-10-16-28)33-25-27-26-23(19-11-7-6-8-12-19)29(25)20-13-14-21(31-2)22(17-20)32-3/h6-8,11-14,17-18H,4-5,9-10,15-16H2,1-3H3. The van der Waals surface area contributed by atoms with Gasteiger partial charge in [-0.3, -0.25) is 9.36 Å². The molecule has 0 N–H and O–H groups in total. The topological polar surface area (TPSA) is 69.5 Å². The van der Waals surface area contributed by atoms with E-state index in [0.29, 0.717) is 22.5 Å². The highest BCUT2D eigenvalue weighted by Crippen LogP contribution is 2.35. The van der Waals surface area contributed by atoms with E-state index in [1.165, 1.54) is 24.6 Å². The molecule has 1 fully saturated rings. The lowest BCUT2D eigenvalue weighted by Crippen LogP contribution is -2.37. The zero-order chi connectivity index (χ0) is 23.2. The van der Waals surface area contributed by atoms with Gasteiger partial charge < -0.3 is 14.4 Å². The molecule has 1 amide bonds. The molecule has 2 heterocycles. The predicted octanol–water partition coefficient (Wildman–Crippen LogP) is 4.83. The maximum absolute atomic E-state index is 13.2. The summed E-state index contributed by atoms with van der Waals surface area (Å²) in [6.45, 7) is 3.62. The number of rotatable bonds is 7. The van der Waals surface area contributed by atoms with E-state index in [1.807, 2.05) is 64.9 Å². The molecular weight excluding hydrogens is 436 g/mol. The second kappa shape index (κ2) is 10.7. The van der Waals surface area contributed by atoms with E-state index in [2.05, 4.69) is 10.2 Å². The van der Waals surface area contributed by atoms with Crippen molar-refractivity contribution >= 4 is 17.7 Å². The number of likely N-dealkylation sites (tertiary alicyclic amines) is 1. The fourth-order valence-corrected chi connectivity index (χ4v) is 5.03. The van der Waals surface area contributed by atoms with Gasteiger partial charge in [0.05, 0.1) is 25.2 Å². The number of thioether (sulfide) groups is 1. The summed E-state index contributed by atoms with van der Waals surface area (Å²) in [6, 6.07) is 15.6. The van der Waals surface area contributed by atoms with Crippen molar-refractivity contribution in [2.45, 2.75) is 43.0 Å². The number of hydrogen-bond donors (Lipinski definition) is 0. The van der Waals surface area contributed by atoms with Gasteiger partial charge in [-0.2, -0.15) is 0 Å². The van der Waals surface area contributed by atoms with E-state index in [9.17, 15) is 4.79 Å². The largest absolute Gasteiger partial charge is 0.493 e. The Labute approximate surface area is 199 Å². The van der Waals surface area contributed by atoms with Gasteiger partial charge in [-0.15, -0.1) is 10.2 Å². The second-order valence-electron chi connectivity index (χ2n) is 8.05. The molecule has 0 radical (unpaired) electrons. The van der Waals surface area contributed by atoms with Crippen molar-refractivity contribution in [3.05, 3.63) is 48.5 Å². The van der Waals surface area contributed by atoms with Crippen LogP contribution in [0.4, 0.5) is 0 Å². The highest BCUT2D eigenvalue weighted by molar-refractivity contribution is 8.00. The van der Waals surface area contributed by atoms with Crippen LogP contribution in [0.1, 0.15) is 32.6 Å². The summed E-state index contributed by atoms with van der Waals surface area (Å²) in [6.07, 6.45) is 4.53. The van der Waals surface area contributed by atoms with E-state index in [-0.39, 0.29) is 11.2 Å². The van der Waals surface area contributed by atoms with Gasteiger partial charge in [-0.25, -0.2) is 0 Å². The number of carbonyl (C=O) groups excluding carboxylic acids is 1. The molecular formula is C25H30N4O3S. The van der Waals surface area contributed by atoms with Crippen LogP contribution in [0.3, 0.4) is 0 Å². The highest BCUT2D eigenvalue weighted by atomic mass is 32.2. The molecule has 3 aromatic rings. The number of carbonyl (C=O) groups is 1. The van der Waals surface area contributed by atoms with Crippen LogP contribution in [0.2, 0.25) is 0 Å². The van der Waals surface area contributed by atoms with Crippen molar-refractivity contribution in [1.29, 1.82) is 0 Å². The minimum Gasteiger partial charge on any atom is -0.493 e. The minimum absolute atomic E-state index is 0.157. The molecule has 2 aromatic carbocycles. The number of nitrogens with zero attached hydrogens (tertiary/aromatic N) is 4. The lowest BCUT2D eigenvalue weighted by atomic mass is 10.2. The molecule has 1 saturated heterocycles. The summed E-state index contributed by atoms with van der Waals surface area (Å²) in [5.74, 6) is 2.13. The van der Waals surface area contributed by atoms with Crippen LogP contribution in [-0.2, 0) is 4.79 Å². The molecule has 0 aliphatic carbocycles. The zero-order valence-corrected chi connectivity index (χ0v) is 20.2. The molecule has 1 aliphatic rings. The first kappa shape index (κ1) is 23.2. The maximum Gasteiger partial charge on any atom is 0.235 e. The molecule has 8 heteroatoms. The summed E-state index contributed by atoms with van der Waals surface area (Å²) < 4.78 is 12.9. The molecule has 33 heavy (non-hydrogen) atoms. The summed E-state index contributed by atoms with van der Waals surface area (Å²) in [4.78, 5) is 15.2. The number of hydrogen-bond acceptors (Lipinski definition) is 6. The van der Waals surface area contributed by atoms with E-state index < -0.39 is 0 Å². The number of amides is 1. The minimum atomic E-state index is -0.269. The Bertz CT molecular complexity index is 1080. The van der Waals surface area contributed by atoms with Crippen LogP contribution in [0.5, 0.6) is 11.5 Å². The molecule has 1 aliphatic heterocycles. The first-order chi connectivity index (χ1) is 16.1. The van der Waals surface area contributed by atoms with Crippen LogP contribution >= 0.6 is 11.8 Å². The highest BCUT2D eigenvalue weighted by Gasteiger charge is 2.26. The van der Waals surface area contributed by atoms with Crippen molar-refractivity contribution in [3.8, 4) is 28.6 Å². The number of methoxy groups -OCH3 is 2. The Morgan fingerprint density at radius 1 is 0.939 bits per heavy atom. The molecule has 0 spiro atoms. The van der Waals surface area contributed by atoms with Gasteiger partial charge in [-0.1, -0.05) is 54.9 Å². The van der Waals surface area contributed by atoms with Crippen LogP contribution in [0, 0.1) is 0 Å². The Balaban J connectivity index is 1.70. The number of ether oxygens (including phenoxy) is 2. The molecule has 1 unspecified atom stereocenters. The molecule has 1 atom stereocenters. The van der Waals surface area contributed by atoms with Gasteiger partial charge in [0.25, 0.3) is 0 Å². The van der Waals surface area contributed by atoms with Crippen molar-refractivity contribution in [1.82, 2.24) is 19.7 Å². The third-order valence-electron chi connectivity index (χ3n) is 5.84. The summed E-state index contributed by atoms with van der Waals surface area (Å²) in [5.41, 5.74) is 1.78. The average Bonchev–Trinajstić information content (AvgIpc) is 3.08. The van der Waals surface area contributed by atoms with Crippen molar-refractivity contribution in [2.24, 2.45) is 0 Å². The van der Waals surface area contributed by atoms with Gasteiger partial charge in [0.1, 0.15) is 0 Å². The maximum atomic E-state index is 13.2. The Morgan fingerprint density at radius 3 is 2.30 bits per heavy atom. The molecule has 0 bridgehead atoms. The third-order valence-corrected chi connectivity index (χ3v) is 6.87. The van der Waals surface area contributed by atoms with Gasteiger partial charge in [0, 0.05) is 24.7 Å². The number of aromatic nitrogens is 3. The van der Waals surface area contributed by atoms with Crippen LogP contribution < -0.4 is 9.47 Å². The SMILES string of the molecule is COc1ccc(-n2c(SC(C)C(=O)N3CCCCCC3)nnc2-c2ccccc2)cc1OC. The normalized spacial score (nSPS) is 15.1. The van der Waals surface area contributed by atoms with E-state index in [0.717, 1.165) is 37.2 Å². The smallest absolute Gasteiger partial charge is 0.235 e. The zero-order valence-electron chi connectivity index (χ0n) is 19.4. The first-order valence-electron chi connectivity index (χ1n) is 11.3. The van der Waals surface area contributed by atoms with Crippen molar-refractivity contribution < 1.29 is 14.3 Å². The average molecular weight is 467 g/mol. The van der Waals surface area contributed by atoms with E-state index in [1.54, 1.807) is 14.2 Å². The van der Waals surface area contributed by atoms with Crippen LogP contribution in [0.15, 0.2) is 53.7 Å². The fourth-order valence-electron chi connectivity index (χ4n) is 4.07. The predicted molar refractivity (Wildman–Crippen MR) is 130 cm³/mol. The lowest BCUT2D eigenvalue weighted by molar-refractivity contribution is -0.130. The molecule has 7 nitrogen and oxygen atoms in total. The van der Waals surface area contributed by atoms with Gasteiger partial charge >= 0.3 is 0 Å². The monoisotopic (exact) mass is 466 g/mol. The van der Waals surface area contributed by atoms with Gasteiger partial charge in [0.15, 0.2) is 22.5 Å². The van der Waals surface area contributed by atoms with Crippen molar-refractivity contribution in [2.75, 3.05) is 27.3 Å². The van der Waals surface area contributed by atoms with Gasteiger partial charge in [0.2, 0.25) is 5.91 Å². The molecule has 0 saturated carbocycles. The Hall–Kier alpha value is -3.00. The van der Waals surface area contributed by atoms with Gasteiger partial charge in [-0.05, 0) is 31.9 Å². The second-order valence-corrected chi connectivity index (χ2v) is 9.35. The van der Waals surface area contributed by atoms with Crippen LogP contribution in [0.25, 0.3) is 17.1 Å². The summed E-state index contributed by atoms with van der Waals surface area (Å²) in [5, 5.41) is 9.38. The van der Waals surface area contributed by atoms with Crippen LogP contribution in [-0.4, -0.2) is 58.1 Å². The quantitative estimate of drug-likeness (QED) is 0.465. The molecule has 174 valence electrons. The Morgan fingerprint density at radius 2 is 1.64 bits per heavy atom. The third kappa shape index (κ3) is 5.16. The first-order valence-corrected chi connectivity index (χ1v) is 12.2. The Kier molecular flexibility index (Phi) is 7.54. The number of benzene rings is 2. The van der Waals surface area contributed by atoms with Crippen molar-refractivity contribution in [3.63, 3.8) is 0 Å². The molecule has 1 aromatic heterocycles. The lowest BCUT2D eigenvalue weighted by Gasteiger charge is -2.23. The molecule has 4 rings (SSSR count). The summed E-state index contributed by atoms with van der Waals surface area (Å²) in [7, 11) is 3.23. The van der Waals surface area contributed by atoms with E-state index in [4.69, 9.17) is 9.47 Å².